The standard InChI is InChI=1S/C16H24ClN5O/c1-19-6-4-8-22-13(9-19)14(17)15(18-22)16(23)21-10-12-11(21)5-3-7-20(12)2/h11-12H,3-10H2,1-2H3. The van der Waals surface area contributed by atoms with Crippen molar-refractivity contribution in [3.63, 3.8) is 0 Å². The van der Waals surface area contributed by atoms with Gasteiger partial charge in [-0.3, -0.25) is 14.4 Å². The van der Waals surface area contributed by atoms with Crippen LogP contribution >= 0.6 is 11.6 Å². The summed E-state index contributed by atoms with van der Waals surface area (Å²) in [6.07, 6.45) is 3.28. The number of nitrogens with zero attached hydrogens (tertiary/aromatic N) is 5. The molecule has 0 aromatic carbocycles. The topological polar surface area (TPSA) is 44.6 Å². The highest BCUT2D eigenvalue weighted by atomic mass is 35.5. The van der Waals surface area contributed by atoms with E-state index in [-0.39, 0.29) is 5.91 Å². The van der Waals surface area contributed by atoms with E-state index in [1.54, 1.807) is 0 Å². The highest BCUT2D eigenvalue weighted by Gasteiger charge is 2.46. The third-order valence-corrected chi connectivity index (χ3v) is 5.99. The molecule has 2 saturated heterocycles. The Bertz CT molecular complexity index is 630. The highest BCUT2D eigenvalue weighted by molar-refractivity contribution is 6.34. The third-order valence-electron chi connectivity index (χ3n) is 5.59. The van der Waals surface area contributed by atoms with Gasteiger partial charge in [0, 0.05) is 38.3 Å². The summed E-state index contributed by atoms with van der Waals surface area (Å²) < 4.78 is 1.93. The molecule has 7 heteroatoms. The molecule has 2 fully saturated rings. The quantitative estimate of drug-likeness (QED) is 0.774. The second-order valence-corrected chi connectivity index (χ2v) is 7.52. The lowest BCUT2D eigenvalue weighted by atomic mass is 9.87. The number of aryl methyl sites for hydroxylation is 1. The van der Waals surface area contributed by atoms with Gasteiger partial charge in [-0.1, -0.05) is 11.6 Å². The first-order valence-corrected chi connectivity index (χ1v) is 8.89. The van der Waals surface area contributed by atoms with Crippen molar-refractivity contribution in [3.8, 4) is 0 Å². The molecule has 0 bridgehead atoms. The maximum Gasteiger partial charge on any atom is 0.276 e. The number of hydrogen-bond donors (Lipinski definition) is 0. The normalized spacial score (nSPS) is 28.7. The van der Waals surface area contributed by atoms with Crippen molar-refractivity contribution in [2.75, 3.05) is 33.7 Å². The van der Waals surface area contributed by atoms with E-state index < -0.39 is 0 Å². The molecule has 1 aromatic rings. The van der Waals surface area contributed by atoms with E-state index in [2.05, 4.69) is 29.0 Å². The van der Waals surface area contributed by atoms with Crippen LogP contribution in [0.5, 0.6) is 0 Å². The van der Waals surface area contributed by atoms with Gasteiger partial charge in [0.2, 0.25) is 0 Å². The number of piperidine rings is 1. The Hall–Kier alpha value is -1.11. The van der Waals surface area contributed by atoms with Crippen LogP contribution in [0.3, 0.4) is 0 Å². The zero-order valence-corrected chi connectivity index (χ0v) is 14.6. The van der Waals surface area contributed by atoms with Gasteiger partial charge >= 0.3 is 0 Å². The molecule has 1 amide bonds. The van der Waals surface area contributed by atoms with E-state index >= 15 is 0 Å². The van der Waals surface area contributed by atoms with E-state index in [0.717, 1.165) is 57.7 Å². The average molecular weight is 338 g/mol. The first-order valence-electron chi connectivity index (χ1n) is 8.51. The van der Waals surface area contributed by atoms with Crippen LogP contribution in [0.25, 0.3) is 0 Å². The van der Waals surface area contributed by atoms with Gasteiger partial charge in [0.15, 0.2) is 5.69 Å². The SMILES string of the molecule is CN1CCCn2nc(C(=O)N3CC4C3CCCN4C)c(Cl)c2C1. The summed E-state index contributed by atoms with van der Waals surface area (Å²) in [4.78, 5) is 19.5. The number of halogens is 1. The molecule has 0 spiro atoms. The summed E-state index contributed by atoms with van der Waals surface area (Å²) in [5, 5.41) is 5.11. The largest absolute Gasteiger partial charge is 0.331 e. The van der Waals surface area contributed by atoms with Gasteiger partial charge in [0.05, 0.1) is 10.7 Å². The summed E-state index contributed by atoms with van der Waals surface area (Å²) in [7, 11) is 4.23. The molecule has 126 valence electrons. The van der Waals surface area contributed by atoms with Crippen LogP contribution in [0.4, 0.5) is 0 Å². The molecule has 0 radical (unpaired) electrons. The second-order valence-electron chi connectivity index (χ2n) is 7.14. The number of aromatic nitrogens is 2. The minimum absolute atomic E-state index is 0.00905. The number of carbonyl (C=O) groups is 1. The predicted molar refractivity (Wildman–Crippen MR) is 88.7 cm³/mol. The number of rotatable bonds is 1. The van der Waals surface area contributed by atoms with Crippen molar-refractivity contribution in [2.45, 2.75) is 44.4 Å². The predicted octanol–water partition coefficient (Wildman–Crippen LogP) is 1.29. The number of carbonyl (C=O) groups excluding carboxylic acids is 1. The van der Waals surface area contributed by atoms with Crippen molar-refractivity contribution in [2.24, 2.45) is 0 Å². The molecule has 4 rings (SSSR count). The number of fused-ring (bicyclic) bond motifs is 2. The molecule has 3 aliphatic heterocycles. The fourth-order valence-corrected chi connectivity index (χ4v) is 4.44. The number of hydrogen-bond acceptors (Lipinski definition) is 4. The molecule has 0 saturated carbocycles. The van der Waals surface area contributed by atoms with Crippen molar-refractivity contribution in [3.05, 3.63) is 16.4 Å². The smallest absolute Gasteiger partial charge is 0.276 e. The van der Waals surface area contributed by atoms with E-state index in [9.17, 15) is 4.79 Å². The molecule has 23 heavy (non-hydrogen) atoms. The van der Waals surface area contributed by atoms with Gasteiger partial charge in [-0.25, -0.2) is 0 Å². The van der Waals surface area contributed by atoms with Crippen LogP contribution in [0.15, 0.2) is 0 Å². The second kappa shape index (κ2) is 5.76. The fraction of sp³-hybridized carbons (Fsp3) is 0.750. The molecular weight excluding hydrogens is 314 g/mol. The van der Waals surface area contributed by atoms with Crippen molar-refractivity contribution >= 4 is 17.5 Å². The lowest BCUT2D eigenvalue weighted by Gasteiger charge is -2.54. The summed E-state index contributed by atoms with van der Waals surface area (Å²) in [5.74, 6) is 0.00905. The lowest BCUT2D eigenvalue weighted by Crippen LogP contribution is -2.69. The molecule has 1 aromatic heterocycles. The maximum absolute atomic E-state index is 12.9. The average Bonchev–Trinajstić information content (AvgIpc) is 2.67. The van der Waals surface area contributed by atoms with Crippen molar-refractivity contribution in [1.29, 1.82) is 0 Å². The zero-order valence-electron chi connectivity index (χ0n) is 13.8. The molecule has 6 nitrogen and oxygen atoms in total. The Morgan fingerprint density at radius 2 is 2.00 bits per heavy atom. The van der Waals surface area contributed by atoms with E-state index in [1.807, 2.05) is 9.58 Å². The summed E-state index contributed by atoms with van der Waals surface area (Å²) in [5.41, 5.74) is 1.43. The molecule has 2 atom stereocenters. The van der Waals surface area contributed by atoms with Crippen LogP contribution in [-0.2, 0) is 13.1 Å². The van der Waals surface area contributed by atoms with Crippen molar-refractivity contribution in [1.82, 2.24) is 24.5 Å². The van der Waals surface area contributed by atoms with Gasteiger partial charge < -0.3 is 9.80 Å². The molecule has 3 aliphatic rings. The Morgan fingerprint density at radius 3 is 2.83 bits per heavy atom. The Labute approximate surface area is 142 Å². The van der Waals surface area contributed by atoms with Crippen LogP contribution in [0.2, 0.25) is 5.02 Å². The Morgan fingerprint density at radius 1 is 1.17 bits per heavy atom. The lowest BCUT2D eigenvalue weighted by molar-refractivity contribution is -0.0314. The van der Waals surface area contributed by atoms with Gasteiger partial charge in [-0.05, 0) is 39.9 Å². The molecular formula is C16H24ClN5O. The first-order chi connectivity index (χ1) is 11.1. The molecule has 4 heterocycles. The number of likely N-dealkylation sites (N-methyl/N-ethyl adjacent to an activating group) is 1. The Kier molecular flexibility index (Phi) is 3.86. The fourth-order valence-electron chi connectivity index (χ4n) is 4.17. The summed E-state index contributed by atoms with van der Waals surface area (Å²) >= 11 is 6.54. The molecule has 0 aliphatic carbocycles. The highest BCUT2D eigenvalue weighted by Crippen LogP contribution is 2.33. The number of likely N-dealkylation sites (tertiary alicyclic amines) is 2. The van der Waals surface area contributed by atoms with Gasteiger partial charge in [-0.15, -0.1) is 0 Å². The molecule has 2 unspecified atom stereocenters. The summed E-state index contributed by atoms with van der Waals surface area (Å²) in [6, 6.07) is 0.847. The Balaban J connectivity index is 1.57. The number of amides is 1. The van der Waals surface area contributed by atoms with Crippen LogP contribution < -0.4 is 0 Å². The van der Waals surface area contributed by atoms with Crippen molar-refractivity contribution < 1.29 is 4.79 Å². The minimum Gasteiger partial charge on any atom is -0.331 e. The molecule has 0 N–H and O–H groups in total. The van der Waals surface area contributed by atoms with E-state index in [1.165, 1.54) is 0 Å². The maximum atomic E-state index is 12.9. The van der Waals surface area contributed by atoms with Crippen LogP contribution in [0.1, 0.15) is 35.4 Å². The first kappa shape index (κ1) is 15.4. The van der Waals surface area contributed by atoms with E-state index in [0.29, 0.717) is 22.8 Å². The van der Waals surface area contributed by atoms with Gasteiger partial charge in [0.1, 0.15) is 0 Å². The monoisotopic (exact) mass is 337 g/mol. The zero-order chi connectivity index (χ0) is 16.1. The van der Waals surface area contributed by atoms with Crippen LogP contribution in [0, 0.1) is 0 Å². The third kappa shape index (κ3) is 2.47. The van der Waals surface area contributed by atoms with Gasteiger partial charge in [0.25, 0.3) is 5.91 Å². The van der Waals surface area contributed by atoms with Crippen LogP contribution in [-0.4, -0.2) is 76.2 Å². The summed E-state index contributed by atoms with van der Waals surface area (Å²) in [6.45, 7) is 4.56. The minimum atomic E-state index is 0.00905. The van der Waals surface area contributed by atoms with E-state index in [4.69, 9.17) is 11.6 Å². The van der Waals surface area contributed by atoms with Gasteiger partial charge in [-0.2, -0.15) is 5.10 Å².